The average Bonchev–Trinajstić information content (AvgIpc) is 2.45. The number of hydrogen-bond acceptors (Lipinski definition) is 3. The number of nitrogens with zero attached hydrogens (tertiary/aromatic N) is 1. The van der Waals surface area contributed by atoms with Crippen molar-refractivity contribution in [2.45, 2.75) is 39.0 Å². The highest BCUT2D eigenvalue weighted by molar-refractivity contribution is 6.31. The summed E-state index contributed by atoms with van der Waals surface area (Å²) in [4.78, 5) is 3.99. The summed E-state index contributed by atoms with van der Waals surface area (Å²) in [5.41, 5.74) is 2.32. The van der Waals surface area contributed by atoms with Crippen LogP contribution in [0.25, 0.3) is 0 Å². The molecular formula is C17H21ClN2O. The molecule has 0 amide bonds. The summed E-state index contributed by atoms with van der Waals surface area (Å²) >= 11 is 6.14. The van der Waals surface area contributed by atoms with Gasteiger partial charge in [0.1, 0.15) is 0 Å². The van der Waals surface area contributed by atoms with Gasteiger partial charge in [0, 0.05) is 25.0 Å². The highest BCUT2D eigenvalue weighted by Crippen LogP contribution is 2.22. The molecule has 2 N–H and O–H groups in total. The zero-order valence-electron chi connectivity index (χ0n) is 12.6. The van der Waals surface area contributed by atoms with E-state index in [4.69, 9.17) is 11.6 Å². The standard InChI is InChI=1S/C17H21ClN2O/c1-12(15-8-9-19-11-16(15)18)20-10-13-4-6-14(7-5-13)17(2,3)21/h4-9,11-12,20-21H,10H2,1-3H3. The molecule has 2 rings (SSSR count). The molecule has 21 heavy (non-hydrogen) atoms. The molecule has 3 nitrogen and oxygen atoms in total. The minimum atomic E-state index is -0.802. The highest BCUT2D eigenvalue weighted by atomic mass is 35.5. The summed E-state index contributed by atoms with van der Waals surface area (Å²) in [6, 6.07) is 10.1. The Labute approximate surface area is 131 Å². The Morgan fingerprint density at radius 3 is 2.48 bits per heavy atom. The number of rotatable bonds is 5. The second kappa shape index (κ2) is 6.56. The lowest BCUT2D eigenvalue weighted by molar-refractivity contribution is 0.0786. The second-order valence-electron chi connectivity index (χ2n) is 5.76. The largest absolute Gasteiger partial charge is 0.386 e. The van der Waals surface area contributed by atoms with Gasteiger partial charge in [0.25, 0.3) is 0 Å². The van der Waals surface area contributed by atoms with Crippen molar-refractivity contribution in [2.75, 3.05) is 0 Å². The molecule has 4 heteroatoms. The van der Waals surface area contributed by atoms with Crippen LogP contribution in [0.3, 0.4) is 0 Å². The molecule has 0 saturated carbocycles. The molecule has 1 aromatic carbocycles. The fourth-order valence-electron chi connectivity index (χ4n) is 2.15. The Bertz CT molecular complexity index is 590. The first-order chi connectivity index (χ1) is 9.88. The smallest absolute Gasteiger partial charge is 0.0840 e. The minimum Gasteiger partial charge on any atom is -0.386 e. The molecule has 1 unspecified atom stereocenters. The number of nitrogens with one attached hydrogen (secondary N) is 1. The summed E-state index contributed by atoms with van der Waals surface area (Å²) in [5.74, 6) is 0. The summed E-state index contributed by atoms with van der Waals surface area (Å²) in [7, 11) is 0. The second-order valence-corrected chi connectivity index (χ2v) is 6.16. The molecule has 0 bridgehead atoms. The van der Waals surface area contributed by atoms with E-state index in [0.717, 1.165) is 17.7 Å². The zero-order valence-corrected chi connectivity index (χ0v) is 13.4. The lowest BCUT2D eigenvalue weighted by Crippen LogP contribution is -2.19. The number of halogens is 1. The van der Waals surface area contributed by atoms with Crippen molar-refractivity contribution in [2.24, 2.45) is 0 Å². The van der Waals surface area contributed by atoms with E-state index in [0.29, 0.717) is 5.02 Å². The van der Waals surface area contributed by atoms with Crippen LogP contribution in [-0.2, 0) is 12.1 Å². The Morgan fingerprint density at radius 2 is 1.90 bits per heavy atom. The summed E-state index contributed by atoms with van der Waals surface area (Å²) in [5, 5.41) is 14.1. The Hall–Kier alpha value is -1.42. The number of aliphatic hydroxyl groups is 1. The van der Waals surface area contributed by atoms with E-state index in [1.54, 1.807) is 26.2 Å². The molecule has 1 aromatic heterocycles. The topological polar surface area (TPSA) is 45.1 Å². The summed E-state index contributed by atoms with van der Waals surface area (Å²) < 4.78 is 0. The van der Waals surface area contributed by atoms with Gasteiger partial charge in [0.15, 0.2) is 0 Å². The zero-order chi connectivity index (χ0) is 15.5. The third-order valence-electron chi connectivity index (χ3n) is 3.54. The average molecular weight is 305 g/mol. The van der Waals surface area contributed by atoms with Crippen LogP contribution in [0.4, 0.5) is 0 Å². The lowest BCUT2D eigenvalue weighted by atomic mass is 9.97. The van der Waals surface area contributed by atoms with Gasteiger partial charge >= 0.3 is 0 Å². The lowest BCUT2D eigenvalue weighted by Gasteiger charge is -2.19. The number of pyridine rings is 1. The molecule has 1 heterocycles. The fourth-order valence-corrected chi connectivity index (χ4v) is 2.43. The molecule has 0 aliphatic rings. The van der Waals surface area contributed by atoms with E-state index < -0.39 is 5.60 Å². The first-order valence-corrected chi connectivity index (χ1v) is 7.40. The Kier molecular flexibility index (Phi) is 4.99. The maximum absolute atomic E-state index is 9.94. The first-order valence-electron chi connectivity index (χ1n) is 7.02. The van der Waals surface area contributed by atoms with Crippen LogP contribution in [-0.4, -0.2) is 10.1 Å². The summed E-state index contributed by atoms with van der Waals surface area (Å²) in [6.45, 7) is 6.39. The van der Waals surface area contributed by atoms with Gasteiger partial charge in [-0.05, 0) is 43.5 Å². The van der Waals surface area contributed by atoms with Crippen molar-refractivity contribution in [3.63, 3.8) is 0 Å². The highest BCUT2D eigenvalue weighted by Gasteiger charge is 2.15. The van der Waals surface area contributed by atoms with E-state index in [2.05, 4.69) is 17.2 Å². The molecule has 0 spiro atoms. The van der Waals surface area contributed by atoms with E-state index in [9.17, 15) is 5.11 Å². The quantitative estimate of drug-likeness (QED) is 0.883. The third kappa shape index (κ3) is 4.27. The molecule has 0 radical (unpaired) electrons. The normalized spacial score (nSPS) is 13.2. The number of hydrogen-bond donors (Lipinski definition) is 2. The molecule has 2 aromatic rings. The van der Waals surface area contributed by atoms with Crippen molar-refractivity contribution in [3.8, 4) is 0 Å². The van der Waals surface area contributed by atoms with Crippen LogP contribution in [0.5, 0.6) is 0 Å². The van der Waals surface area contributed by atoms with Crippen molar-refractivity contribution < 1.29 is 5.11 Å². The maximum Gasteiger partial charge on any atom is 0.0840 e. The minimum absolute atomic E-state index is 0.148. The SMILES string of the molecule is CC(NCc1ccc(C(C)(C)O)cc1)c1ccncc1Cl. The van der Waals surface area contributed by atoms with Gasteiger partial charge in [-0.2, -0.15) is 0 Å². The molecule has 0 fully saturated rings. The van der Waals surface area contributed by atoms with Gasteiger partial charge in [-0.15, -0.1) is 0 Å². The van der Waals surface area contributed by atoms with Crippen molar-refractivity contribution in [1.29, 1.82) is 0 Å². The molecular weight excluding hydrogens is 284 g/mol. The number of aromatic nitrogens is 1. The van der Waals surface area contributed by atoms with Crippen LogP contribution >= 0.6 is 11.6 Å². The van der Waals surface area contributed by atoms with Crippen molar-refractivity contribution >= 4 is 11.6 Å². The Morgan fingerprint density at radius 1 is 1.24 bits per heavy atom. The third-order valence-corrected chi connectivity index (χ3v) is 3.86. The van der Waals surface area contributed by atoms with Crippen LogP contribution in [0.1, 0.15) is 43.5 Å². The van der Waals surface area contributed by atoms with E-state index in [1.807, 2.05) is 30.3 Å². The molecule has 112 valence electrons. The van der Waals surface area contributed by atoms with Gasteiger partial charge in [-0.3, -0.25) is 4.98 Å². The first kappa shape index (κ1) is 16.0. The van der Waals surface area contributed by atoms with Gasteiger partial charge in [0.05, 0.1) is 10.6 Å². The monoisotopic (exact) mass is 304 g/mol. The van der Waals surface area contributed by atoms with Crippen molar-refractivity contribution in [3.05, 3.63) is 64.4 Å². The predicted molar refractivity (Wildman–Crippen MR) is 86.2 cm³/mol. The van der Waals surface area contributed by atoms with Gasteiger partial charge in [-0.1, -0.05) is 35.9 Å². The van der Waals surface area contributed by atoms with Crippen LogP contribution in [0.15, 0.2) is 42.7 Å². The van der Waals surface area contributed by atoms with Gasteiger partial charge in [0.2, 0.25) is 0 Å². The van der Waals surface area contributed by atoms with E-state index in [1.165, 1.54) is 5.56 Å². The predicted octanol–water partition coefficient (Wildman–Crippen LogP) is 3.81. The van der Waals surface area contributed by atoms with E-state index >= 15 is 0 Å². The molecule has 0 saturated heterocycles. The van der Waals surface area contributed by atoms with Gasteiger partial charge in [-0.25, -0.2) is 0 Å². The van der Waals surface area contributed by atoms with E-state index in [-0.39, 0.29) is 6.04 Å². The summed E-state index contributed by atoms with van der Waals surface area (Å²) in [6.07, 6.45) is 3.41. The van der Waals surface area contributed by atoms with Crippen molar-refractivity contribution in [1.82, 2.24) is 10.3 Å². The molecule has 1 atom stereocenters. The maximum atomic E-state index is 9.94. The fraction of sp³-hybridized carbons (Fsp3) is 0.353. The molecule has 0 aliphatic carbocycles. The van der Waals surface area contributed by atoms with Gasteiger partial charge < -0.3 is 10.4 Å². The van der Waals surface area contributed by atoms with Crippen LogP contribution in [0.2, 0.25) is 5.02 Å². The Balaban J connectivity index is 1.99. The molecule has 0 aliphatic heterocycles. The van der Waals surface area contributed by atoms with Crippen LogP contribution < -0.4 is 5.32 Å². The van der Waals surface area contributed by atoms with Crippen LogP contribution in [0, 0.1) is 0 Å². The number of benzene rings is 1.